The number of thioether (sulfide) groups is 1. The van der Waals surface area contributed by atoms with Crippen molar-refractivity contribution < 1.29 is 14.0 Å². The fraction of sp³-hybridized carbons (Fsp3) is 0. The normalized spacial score (nSPS) is 16.2. The van der Waals surface area contributed by atoms with Crippen LogP contribution in [-0.2, 0) is 4.79 Å². The summed E-state index contributed by atoms with van der Waals surface area (Å²) in [5, 5.41) is 0. The second-order valence-corrected chi connectivity index (χ2v) is 6.46. The molecule has 0 aromatic heterocycles. The first-order valence-electron chi connectivity index (χ1n) is 6.67. The van der Waals surface area contributed by atoms with Gasteiger partial charge < -0.3 is 0 Å². The summed E-state index contributed by atoms with van der Waals surface area (Å²) in [5.41, 5.74) is 1.76. The zero-order valence-electron chi connectivity index (χ0n) is 11.7. The molecule has 2 aromatic carbocycles. The van der Waals surface area contributed by atoms with E-state index >= 15 is 0 Å². The van der Waals surface area contributed by atoms with Crippen LogP contribution in [0.4, 0.5) is 10.1 Å². The second kappa shape index (κ2) is 6.44. The number of hydrogen-bond acceptors (Lipinski definition) is 4. The Labute approximate surface area is 141 Å². The van der Waals surface area contributed by atoms with Crippen LogP contribution in [0.2, 0.25) is 0 Å². The van der Waals surface area contributed by atoms with Gasteiger partial charge in [-0.15, -0.1) is 0 Å². The fourth-order valence-corrected chi connectivity index (χ4v) is 3.43. The number of carbonyl (C=O) groups is 2. The lowest BCUT2D eigenvalue weighted by atomic mass is 10.1. The van der Waals surface area contributed by atoms with Gasteiger partial charge in [-0.1, -0.05) is 54.3 Å². The molecule has 0 spiro atoms. The molecule has 1 aliphatic heterocycles. The minimum Gasteiger partial charge on any atom is -0.298 e. The van der Waals surface area contributed by atoms with E-state index in [1.54, 1.807) is 36.4 Å². The van der Waals surface area contributed by atoms with Gasteiger partial charge in [0.2, 0.25) is 0 Å². The molecule has 1 fully saturated rings. The van der Waals surface area contributed by atoms with E-state index in [1.807, 2.05) is 0 Å². The van der Waals surface area contributed by atoms with Gasteiger partial charge in [0.25, 0.3) is 5.91 Å². The van der Waals surface area contributed by atoms with E-state index in [0.717, 1.165) is 23.6 Å². The van der Waals surface area contributed by atoms with E-state index in [2.05, 4.69) is 0 Å². The van der Waals surface area contributed by atoms with E-state index in [-0.39, 0.29) is 5.91 Å². The standard InChI is InChI=1S/C17H10FNO2S2/c18-13-2-1-3-14(9-13)19-16(21)15(23-17(19)22)8-11-4-6-12(10-20)7-5-11/h1-10H/b15-8-. The van der Waals surface area contributed by atoms with Crippen molar-refractivity contribution in [2.24, 2.45) is 0 Å². The van der Waals surface area contributed by atoms with E-state index in [9.17, 15) is 14.0 Å². The van der Waals surface area contributed by atoms with Gasteiger partial charge in [0.05, 0.1) is 10.6 Å². The fourth-order valence-electron chi connectivity index (χ4n) is 2.13. The molecule has 0 N–H and O–H groups in total. The van der Waals surface area contributed by atoms with Crippen molar-refractivity contribution >= 4 is 52.3 Å². The van der Waals surface area contributed by atoms with E-state index in [0.29, 0.717) is 20.5 Å². The predicted molar refractivity (Wildman–Crippen MR) is 93.9 cm³/mol. The summed E-state index contributed by atoms with van der Waals surface area (Å²) in [7, 11) is 0. The highest BCUT2D eigenvalue weighted by atomic mass is 32.2. The van der Waals surface area contributed by atoms with Crippen LogP contribution < -0.4 is 4.90 Å². The van der Waals surface area contributed by atoms with Crippen molar-refractivity contribution in [2.75, 3.05) is 4.90 Å². The quantitative estimate of drug-likeness (QED) is 0.479. The molecule has 114 valence electrons. The highest BCUT2D eigenvalue weighted by Gasteiger charge is 2.33. The molecule has 0 aliphatic carbocycles. The molecule has 0 bridgehead atoms. The average Bonchev–Trinajstić information content (AvgIpc) is 2.82. The number of anilines is 1. The topological polar surface area (TPSA) is 37.4 Å². The lowest BCUT2D eigenvalue weighted by Crippen LogP contribution is -2.27. The summed E-state index contributed by atoms with van der Waals surface area (Å²) in [6.45, 7) is 0. The van der Waals surface area contributed by atoms with Gasteiger partial charge in [0, 0.05) is 5.56 Å². The van der Waals surface area contributed by atoms with Crippen molar-refractivity contribution in [3.63, 3.8) is 0 Å². The molecule has 1 heterocycles. The third-order valence-corrected chi connectivity index (χ3v) is 4.53. The molecule has 1 aliphatic rings. The number of thiocarbonyl (C=S) groups is 1. The van der Waals surface area contributed by atoms with Gasteiger partial charge >= 0.3 is 0 Å². The van der Waals surface area contributed by atoms with E-state index < -0.39 is 5.82 Å². The molecule has 0 saturated carbocycles. The summed E-state index contributed by atoms with van der Waals surface area (Å²) in [5.74, 6) is -0.713. The van der Waals surface area contributed by atoms with Crippen LogP contribution in [0.5, 0.6) is 0 Å². The van der Waals surface area contributed by atoms with Gasteiger partial charge in [0.15, 0.2) is 4.32 Å². The predicted octanol–water partition coefficient (Wildman–Crippen LogP) is 4.04. The monoisotopic (exact) mass is 343 g/mol. The van der Waals surface area contributed by atoms with Crippen molar-refractivity contribution in [1.82, 2.24) is 0 Å². The zero-order valence-corrected chi connectivity index (χ0v) is 13.4. The van der Waals surface area contributed by atoms with Crippen LogP contribution >= 0.6 is 24.0 Å². The number of aldehydes is 1. The summed E-state index contributed by atoms with van der Waals surface area (Å²) < 4.78 is 13.7. The largest absolute Gasteiger partial charge is 0.298 e. The van der Waals surface area contributed by atoms with Crippen LogP contribution in [0.1, 0.15) is 15.9 Å². The minimum atomic E-state index is -0.426. The Morgan fingerprint density at radius 1 is 1.09 bits per heavy atom. The van der Waals surface area contributed by atoms with Crippen molar-refractivity contribution in [2.45, 2.75) is 0 Å². The highest BCUT2D eigenvalue weighted by molar-refractivity contribution is 8.27. The van der Waals surface area contributed by atoms with Gasteiger partial charge in [-0.2, -0.15) is 0 Å². The van der Waals surface area contributed by atoms with Gasteiger partial charge in [0.1, 0.15) is 12.1 Å². The van der Waals surface area contributed by atoms with Crippen LogP contribution in [0.25, 0.3) is 6.08 Å². The molecule has 1 saturated heterocycles. The molecule has 6 heteroatoms. The number of amides is 1. The minimum absolute atomic E-state index is 0.287. The molecule has 0 atom stereocenters. The lowest BCUT2D eigenvalue weighted by Gasteiger charge is -2.14. The third kappa shape index (κ3) is 3.23. The van der Waals surface area contributed by atoms with Gasteiger partial charge in [-0.05, 0) is 29.8 Å². The Morgan fingerprint density at radius 2 is 1.78 bits per heavy atom. The van der Waals surface area contributed by atoms with Gasteiger partial charge in [-0.3, -0.25) is 14.5 Å². The first-order chi connectivity index (χ1) is 11.1. The molecule has 1 amide bonds. The Bertz CT molecular complexity index is 831. The van der Waals surface area contributed by atoms with Crippen LogP contribution in [0.15, 0.2) is 53.4 Å². The number of carbonyl (C=O) groups excluding carboxylic acids is 2. The maximum atomic E-state index is 13.4. The number of halogens is 1. The molecular weight excluding hydrogens is 333 g/mol. The number of nitrogens with zero attached hydrogens (tertiary/aromatic N) is 1. The number of benzene rings is 2. The lowest BCUT2D eigenvalue weighted by molar-refractivity contribution is -0.113. The number of rotatable bonds is 3. The first kappa shape index (κ1) is 15.6. The SMILES string of the molecule is O=Cc1ccc(/C=C2\SC(=S)N(c3cccc(F)c3)C2=O)cc1. The van der Waals surface area contributed by atoms with Crippen LogP contribution in [-0.4, -0.2) is 16.5 Å². The Kier molecular flexibility index (Phi) is 4.36. The van der Waals surface area contributed by atoms with Gasteiger partial charge in [-0.25, -0.2) is 4.39 Å². The average molecular weight is 343 g/mol. The zero-order chi connectivity index (χ0) is 16.4. The summed E-state index contributed by atoms with van der Waals surface area (Å²) in [6, 6.07) is 12.6. The summed E-state index contributed by atoms with van der Waals surface area (Å²) in [4.78, 5) is 25.0. The molecule has 3 rings (SSSR count). The maximum Gasteiger partial charge on any atom is 0.270 e. The summed E-state index contributed by atoms with van der Waals surface area (Å²) in [6.07, 6.45) is 2.46. The Hall–Kier alpha value is -2.31. The second-order valence-electron chi connectivity index (χ2n) is 4.78. The molecule has 0 radical (unpaired) electrons. The van der Waals surface area contributed by atoms with Crippen LogP contribution in [0, 0.1) is 5.82 Å². The van der Waals surface area contributed by atoms with E-state index in [1.165, 1.54) is 23.1 Å². The maximum absolute atomic E-state index is 13.4. The van der Waals surface area contributed by atoms with Crippen molar-refractivity contribution in [3.05, 3.63) is 70.4 Å². The molecular formula is C17H10FNO2S2. The van der Waals surface area contributed by atoms with Crippen molar-refractivity contribution in [3.8, 4) is 0 Å². The van der Waals surface area contributed by atoms with Crippen molar-refractivity contribution in [1.29, 1.82) is 0 Å². The smallest absolute Gasteiger partial charge is 0.270 e. The Balaban J connectivity index is 1.91. The highest BCUT2D eigenvalue weighted by Crippen LogP contribution is 2.36. The third-order valence-electron chi connectivity index (χ3n) is 3.23. The Morgan fingerprint density at radius 3 is 2.43 bits per heavy atom. The molecule has 3 nitrogen and oxygen atoms in total. The van der Waals surface area contributed by atoms with E-state index in [4.69, 9.17) is 12.2 Å². The summed E-state index contributed by atoms with van der Waals surface area (Å²) >= 11 is 6.40. The molecule has 2 aromatic rings. The first-order valence-corrected chi connectivity index (χ1v) is 7.90. The van der Waals surface area contributed by atoms with Crippen LogP contribution in [0.3, 0.4) is 0 Å². The molecule has 0 unspecified atom stereocenters. The molecule has 23 heavy (non-hydrogen) atoms. The number of hydrogen-bond donors (Lipinski definition) is 0.